The zero-order chi connectivity index (χ0) is 20.8. The van der Waals surface area contributed by atoms with E-state index in [9.17, 15) is 4.79 Å². The third kappa shape index (κ3) is 4.92. The Balaban J connectivity index is 2.33. The van der Waals surface area contributed by atoms with Gasteiger partial charge in [-0.25, -0.2) is 9.78 Å². The molecule has 0 bridgehead atoms. The van der Waals surface area contributed by atoms with Gasteiger partial charge in [-0.3, -0.25) is 4.90 Å². The van der Waals surface area contributed by atoms with Crippen molar-refractivity contribution in [1.29, 1.82) is 0 Å². The second-order valence-corrected chi connectivity index (χ2v) is 15.9. The first kappa shape index (κ1) is 22.4. The fraction of sp³-hybridized carbons (Fsp3) is 0.700. The predicted molar refractivity (Wildman–Crippen MR) is 116 cm³/mol. The molecule has 5 nitrogen and oxygen atoms in total. The lowest BCUT2D eigenvalue weighted by atomic mass is 9.86. The quantitative estimate of drug-likeness (QED) is 0.532. The van der Waals surface area contributed by atoms with Crippen LogP contribution in [0.15, 0.2) is 16.7 Å². The van der Waals surface area contributed by atoms with Crippen LogP contribution in [-0.2, 0) is 14.6 Å². The van der Waals surface area contributed by atoms with Crippen molar-refractivity contribution in [3.8, 4) is 0 Å². The van der Waals surface area contributed by atoms with E-state index < -0.39 is 13.9 Å². The molecule has 0 radical (unpaired) electrons. The van der Waals surface area contributed by atoms with Crippen LogP contribution in [0.3, 0.4) is 0 Å². The molecule has 0 saturated carbocycles. The molecular formula is C20H33BrN2O3Si. The fourth-order valence-corrected chi connectivity index (χ4v) is 4.19. The summed E-state index contributed by atoms with van der Waals surface area (Å²) in [5, 5.41) is 0.130. The van der Waals surface area contributed by atoms with Gasteiger partial charge < -0.3 is 9.16 Å². The van der Waals surface area contributed by atoms with Crippen molar-refractivity contribution in [3.63, 3.8) is 0 Å². The predicted octanol–water partition coefficient (Wildman–Crippen LogP) is 5.88. The normalized spacial score (nSPS) is 20.6. The molecule has 0 fully saturated rings. The van der Waals surface area contributed by atoms with E-state index in [0.29, 0.717) is 19.0 Å². The number of amides is 1. The third-order valence-corrected chi connectivity index (χ3v) is 10.3. The Labute approximate surface area is 173 Å². The fourth-order valence-electron chi connectivity index (χ4n) is 2.75. The maximum absolute atomic E-state index is 12.8. The average molecular weight is 457 g/mol. The molecule has 0 aromatic carbocycles. The molecule has 1 amide bonds. The van der Waals surface area contributed by atoms with Crippen LogP contribution >= 0.6 is 15.9 Å². The van der Waals surface area contributed by atoms with E-state index in [1.807, 2.05) is 26.8 Å². The van der Waals surface area contributed by atoms with Gasteiger partial charge in [0.2, 0.25) is 0 Å². The number of aromatic nitrogens is 1. The van der Waals surface area contributed by atoms with E-state index in [2.05, 4.69) is 61.7 Å². The average Bonchev–Trinajstić information content (AvgIpc) is 2.76. The van der Waals surface area contributed by atoms with Gasteiger partial charge in [-0.15, -0.1) is 0 Å². The molecule has 27 heavy (non-hydrogen) atoms. The lowest BCUT2D eigenvalue weighted by Crippen LogP contribution is -2.46. The van der Waals surface area contributed by atoms with Gasteiger partial charge in [0.15, 0.2) is 8.32 Å². The van der Waals surface area contributed by atoms with E-state index in [4.69, 9.17) is 9.16 Å². The number of halogens is 1. The molecule has 1 unspecified atom stereocenters. The van der Waals surface area contributed by atoms with Gasteiger partial charge in [-0.05, 0) is 60.9 Å². The van der Waals surface area contributed by atoms with Crippen molar-refractivity contribution in [2.75, 3.05) is 18.1 Å². The standard InChI is InChI=1S/C20H33BrN2O3Si/c1-18(2,3)26-17(24)23-12-20(7,13-25-27(8,9)19(4,5)6)15-10-14(21)11-22-16(15)23/h10-11H,12-13H2,1-9H3. The summed E-state index contributed by atoms with van der Waals surface area (Å²) in [4.78, 5) is 18.9. The first-order valence-corrected chi connectivity index (χ1v) is 13.1. The monoisotopic (exact) mass is 456 g/mol. The Morgan fingerprint density at radius 3 is 2.41 bits per heavy atom. The van der Waals surface area contributed by atoms with Gasteiger partial charge in [0.1, 0.15) is 11.4 Å². The summed E-state index contributed by atoms with van der Waals surface area (Å²) >= 11 is 3.52. The summed E-state index contributed by atoms with van der Waals surface area (Å²) in [6, 6.07) is 2.04. The molecule has 2 rings (SSSR count). The van der Waals surface area contributed by atoms with Crippen molar-refractivity contribution in [2.24, 2.45) is 0 Å². The van der Waals surface area contributed by atoms with Gasteiger partial charge in [0, 0.05) is 34.8 Å². The van der Waals surface area contributed by atoms with Crippen LogP contribution in [0.4, 0.5) is 10.6 Å². The highest BCUT2D eigenvalue weighted by atomic mass is 79.9. The number of nitrogens with zero attached hydrogens (tertiary/aromatic N) is 2. The molecule has 1 aliphatic heterocycles. The van der Waals surface area contributed by atoms with Crippen molar-refractivity contribution in [3.05, 3.63) is 22.3 Å². The van der Waals surface area contributed by atoms with E-state index >= 15 is 0 Å². The van der Waals surface area contributed by atoms with Crippen LogP contribution in [0.1, 0.15) is 54.0 Å². The van der Waals surface area contributed by atoms with Gasteiger partial charge in [0.05, 0.1) is 0 Å². The van der Waals surface area contributed by atoms with Crippen molar-refractivity contribution >= 4 is 36.2 Å². The molecule has 1 aromatic heterocycles. The molecule has 2 heterocycles. The minimum absolute atomic E-state index is 0.130. The number of carbonyl (C=O) groups is 1. The minimum Gasteiger partial charge on any atom is -0.443 e. The molecule has 0 aliphatic carbocycles. The summed E-state index contributed by atoms with van der Waals surface area (Å²) in [5.74, 6) is 0.661. The number of pyridine rings is 1. The molecule has 152 valence electrons. The Kier molecular flexibility index (Phi) is 5.93. The zero-order valence-corrected chi connectivity index (χ0v) is 20.7. The molecule has 1 atom stereocenters. The SMILES string of the molecule is CC(C)(C)OC(=O)N1CC(C)(CO[Si](C)(C)C(C)(C)C)c2cc(Br)cnc21. The lowest BCUT2D eigenvalue weighted by molar-refractivity contribution is 0.0574. The molecular weight excluding hydrogens is 424 g/mol. The molecule has 7 heteroatoms. The Hall–Kier alpha value is -0.923. The number of hydrogen-bond donors (Lipinski definition) is 0. The molecule has 0 N–H and O–H groups in total. The first-order chi connectivity index (χ1) is 12.1. The summed E-state index contributed by atoms with van der Waals surface area (Å²) in [7, 11) is -1.91. The van der Waals surface area contributed by atoms with E-state index in [-0.39, 0.29) is 16.5 Å². The van der Waals surface area contributed by atoms with Gasteiger partial charge >= 0.3 is 6.09 Å². The number of ether oxygens (including phenoxy) is 1. The Morgan fingerprint density at radius 1 is 1.30 bits per heavy atom. The second kappa shape index (κ2) is 7.15. The van der Waals surface area contributed by atoms with E-state index in [1.54, 1.807) is 11.1 Å². The topological polar surface area (TPSA) is 51.7 Å². The molecule has 1 aliphatic rings. The first-order valence-electron chi connectivity index (χ1n) is 9.36. The largest absolute Gasteiger partial charge is 0.443 e. The molecule has 0 saturated heterocycles. The highest BCUT2D eigenvalue weighted by molar-refractivity contribution is 9.10. The van der Waals surface area contributed by atoms with Crippen LogP contribution in [0.5, 0.6) is 0 Å². The van der Waals surface area contributed by atoms with Gasteiger partial charge in [-0.1, -0.05) is 27.7 Å². The Bertz CT molecular complexity index is 725. The summed E-state index contributed by atoms with van der Waals surface area (Å²) in [6.07, 6.45) is 1.35. The zero-order valence-electron chi connectivity index (χ0n) is 18.1. The molecule has 1 aromatic rings. The summed E-state index contributed by atoms with van der Waals surface area (Å²) < 4.78 is 13.0. The third-order valence-electron chi connectivity index (χ3n) is 5.42. The number of rotatable bonds is 3. The lowest BCUT2D eigenvalue weighted by Gasteiger charge is -2.39. The van der Waals surface area contributed by atoms with E-state index in [1.165, 1.54) is 0 Å². The van der Waals surface area contributed by atoms with Crippen LogP contribution < -0.4 is 4.90 Å². The van der Waals surface area contributed by atoms with Gasteiger partial charge in [0.25, 0.3) is 0 Å². The van der Waals surface area contributed by atoms with E-state index in [0.717, 1.165) is 10.0 Å². The second-order valence-electron chi connectivity index (χ2n) is 10.2. The smallest absolute Gasteiger partial charge is 0.416 e. The number of anilines is 1. The Morgan fingerprint density at radius 2 is 1.89 bits per heavy atom. The maximum Gasteiger partial charge on any atom is 0.416 e. The molecule has 0 spiro atoms. The highest BCUT2D eigenvalue weighted by Gasteiger charge is 2.46. The minimum atomic E-state index is -1.91. The summed E-state index contributed by atoms with van der Waals surface area (Å²) in [6.45, 7) is 20.0. The van der Waals surface area contributed by atoms with Crippen molar-refractivity contribution in [1.82, 2.24) is 4.98 Å². The van der Waals surface area contributed by atoms with Crippen LogP contribution in [-0.4, -0.2) is 38.1 Å². The maximum atomic E-state index is 12.8. The van der Waals surface area contributed by atoms with Crippen molar-refractivity contribution in [2.45, 2.75) is 77.6 Å². The van der Waals surface area contributed by atoms with Crippen LogP contribution in [0, 0.1) is 0 Å². The number of carbonyl (C=O) groups excluding carboxylic acids is 1. The number of fused-ring (bicyclic) bond motifs is 1. The van der Waals surface area contributed by atoms with Crippen molar-refractivity contribution < 1.29 is 14.0 Å². The van der Waals surface area contributed by atoms with Crippen LogP contribution in [0.2, 0.25) is 18.1 Å². The van der Waals surface area contributed by atoms with Gasteiger partial charge in [-0.2, -0.15) is 0 Å². The summed E-state index contributed by atoms with van der Waals surface area (Å²) in [5.41, 5.74) is 0.128. The van der Waals surface area contributed by atoms with Crippen LogP contribution in [0.25, 0.3) is 0 Å². The highest BCUT2D eigenvalue weighted by Crippen LogP contribution is 2.43. The number of hydrogen-bond acceptors (Lipinski definition) is 4.